The lowest BCUT2D eigenvalue weighted by Gasteiger charge is -2.18. The standard InChI is InChI=1S/C23H41O8P/c1-2-3-4-5-6-7-9-14-23(31-32(24,25)26)21-29-18-17-27-15-16-28-19-20-30-22-12-10-8-11-13-22/h8,10-13,23H,2-7,9,14-21H2,1H3,(H2,24,25,26). The first-order valence-corrected chi connectivity index (χ1v) is 13.2. The van der Waals surface area contributed by atoms with Crippen molar-refractivity contribution in [1.82, 2.24) is 0 Å². The molecule has 0 aliphatic rings. The van der Waals surface area contributed by atoms with Gasteiger partial charge in [0.1, 0.15) is 12.4 Å². The molecule has 186 valence electrons. The van der Waals surface area contributed by atoms with E-state index in [0.29, 0.717) is 46.1 Å². The number of hydrogen-bond donors (Lipinski definition) is 2. The summed E-state index contributed by atoms with van der Waals surface area (Å²) in [5.74, 6) is 0.817. The minimum absolute atomic E-state index is 0.137. The maximum absolute atomic E-state index is 11.2. The second kappa shape index (κ2) is 19.5. The van der Waals surface area contributed by atoms with E-state index in [0.717, 1.165) is 25.0 Å². The van der Waals surface area contributed by atoms with Gasteiger partial charge in [0.2, 0.25) is 0 Å². The fourth-order valence-corrected chi connectivity index (χ4v) is 3.63. The van der Waals surface area contributed by atoms with Crippen molar-refractivity contribution in [3.8, 4) is 5.75 Å². The van der Waals surface area contributed by atoms with Crippen molar-refractivity contribution in [2.24, 2.45) is 0 Å². The molecule has 0 aromatic heterocycles. The molecule has 0 spiro atoms. The van der Waals surface area contributed by atoms with Gasteiger partial charge in [0.05, 0.1) is 45.7 Å². The van der Waals surface area contributed by atoms with Crippen molar-refractivity contribution in [2.45, 2.75) is 64.4 Å². The molecule has 1 unspecified atom stereocenters. The predicted octanol–water partition coefficient (Wildman–Crippen LogP) is 4.73. The predicted molar refractivity (Wildman–Crippen MR) is 124 cm³/mol. The van der Waals surface area contributed by atoms with Crippen molar-refractivity contribution >= 4 is 7.82 Å². The van der Waals surface area contributed by atoms with Gasteiger partial charge < -0.3 is 28.7 Å². The van der Waals surface area contributed by atoms with E-state index in [1.807, 2.05) is 30.3 Å². The zero-order valence-corrected chi connectivity index (χ0v) is 20.3. The molecule has 1 atom stereocenters. The second-order valence-electron chi connectivity index (χ2n) is 7.59. The van der Waals surface area contributed by atoms with Gasteiger partial charge in [-0.1, -0.05) is 70.1 Å². The van der Waals surface area contributed by atoms with Crippen LogP contribution in [0, 0.1) is 0 Å². The topological polar surface area (TPSA) is 104 Å². The van der Waals surface area contributed by atoms with Crippen LogP contribution in [0.4, 0.5) is 0 Å². The highest BCUT2D eigenvalue weighted by atomic mass is 31.2. The van der Waals surface area contributed by atoms with E-state index in [1.165, 1.54) is 25.7 Å². The molecule has 1 aromatic carbocycles. The Labute approximate surface area is 192 Å². The van der Waals surface area contributed by atoms with Gasteiger partial charge in [0.15, 0.2) is 0 Å². The summed E-state index contributed by atoms with van der Waals surface area (Å²) in [5.41, 5.74) is 0. The zero-order chi connectivity index (χ0) is 23.3. The first kappa shape index (κ1) is 29.0. The quantitative estimate of drug-likeness (QED) is 0.183. The van der Waals surface area contributed by atoms with E-state index in [4.69, 9.17) is 33.3 Å². The van der Waals surface area contributed by atoms with Crippen molar-refractivity contribution < 1.29 is 37.8 Å². The fourth-order valence-electron chi connectivity index (χ4n) is 3.08. The lowest BCUT2D eigenvalue weighted by molar-refractivity contribution is -0.0136. The SMILES string of the molecule is CCCCCCCCCC(COCCOCCOCCOc1ccccc1)OP(=O)(O)O. The van der Waals surface area contributed by atoms with E-state index in [2.05, 4.69) is 6.92 Å². The summed E-state index contributed by atoms with van der Waals surface area (Å²) in [4.78, 5) is 18.2. The van der Waals surface area contributed by atoms with Gasteiger partial charge in [-0.15, -0.1) is 0 Å². The van der Waals surface area contributed by atoms with Crippen molar-refractivity contribution in [2.75, 3.05) is 46.2 Å². The Bertz CT molecular complexity index is 581. The summed E-state index contributed by atoms with van der Waals surface area (Å²) in [5, 5.41) is 0. The highest BCUT2D eigenvalue weighted by molar-refractivity contribution is 7.46. The molecule has 9 heteroatoms. The van der Waals surface area contributed by atoms with Gasteiger partial charge in [-0.3, -0.25) is 4.52 Å². The highest BCUT2D eigenvalue weighted by Gasteiger charge is 2.22. The molecule has 0 amide bonds. The molecule has 0 aliphatic heterocycles. The molecule has 0 saturated heterocycles. The van der Waals surface area contributed by atoms with Crippen molar-refractivity contribution in [1.29, 1.82) is 0 Å². The Morgan fingerprint density at radius 1 is 0.781 bits per heavy atom. The summed E-state index contributed by atoms with van der Waals surface area (Å²) in [6.45, 7) is 4.89. The molecule has 0 saturated carbocycles. The summed E-state index contributed by atoms with van der Waals surface area (Å²) in [6, 6.07) is 9.57. The van der Waals surface area contributed by atoms with Crippen LogP contribution >= 0.6 is 7.82 Å². The van der Waals surface area contributed by atoms with Crippen LogP contribution in [-0.4, -0.2) is 62.1 Å². The number of unbranched alkanes of at least 4 members (excludes halogenated alkanes) is 6. The molecule has 0 bridgehead atoms. The van der Waals surface area contributed by atoms with Gasteiger partial charge in [-0.2, -0.15) is 0 Å². The van der Waals surface area contributed by atoms with Gasteiger partial charge >= 0.3 is 7.82 Å². The molecular weight excluding hydrogens is 435 g/mol. The molecule has 1 aromatic rings. The minimum Gasteiger partial charge on any atom is -0.491 e. The Hall–Kier alpha value is -0.990. The molecule has 0 radical (unpaired) electrons. The summed E-state index contributed by atoms with van der Waals surface area (Å²) < 4.78 is 37.9. The average Bonchev–Trinajstić information content (AvgIpc) is 2.76. The second-order valence-corrected chi connectivity index (χ2v) is 8.78. The normalized spacial score (nSPS) is 12.7. The van der Waals surface area contributed by atoms with E-state index >= 15 is 0 Å². The van der Waals surface area contributed by atoms with E-state index in [9.17, 15) is 4.57 Å². The van der Waals surface area contributed by atoms with Crippen LogP contribution in [0.5, 0.6) is 5.75 Å². The molecule has 8 nitrogen and oxygen atoms in total. The third-order valence-electron chi connectivity index (χ3n) is 4.70. The molecule has 0 heterocycles. The van der Waals surface area contributed by atoms with Crippen LogP contribution in [0.15, 0.2) is 30.3 Å². The maximum atomic E-state index is 11.2. The van der Waals surface area contributed by atoms with Gasteiger partial charge in [-0.25, -0.2) is 4.57 Å². The first-order valence-electron chi connectivity index (χ1n) is 11.7. The summed E-state index contributed by atoms with van der Waals surface area (Å²) >= 11 is 0. The maximum Gasteiger partial charge on any atom is 0.469 e. The Morgan fingerprint density at radius 2 is 1.34 bits per heavy atom. The largest absolute Gasteiger partial charge is 0.491 e. The lowest BCUT2D eigenvalue weighted by atomic mass is 10.1. The first-order chi connectivity index (χ1) is 15.5. The fraction of sp³-hybridized carbons (Fsp3) is 0.739. The number of hydrogen-bond acceptors (Lipinski definition) is 6. The molecule has 1 rings (SSSR count). The van der Waals surface area contributed by atoms with E-state index in [1.54, 1.807) is 0 Å². The van der Waals surface area contributed by atoms with E-state index in [-0.39, 0.29) is 6.61 Å². The third-order valence-corrected chi connectivity index (χ3v) is 5.28. The molecular formula is C23H41O8P. The van der Waals surface area contributed by atoms with Crippen LogP contribution in [0.1, 0.15) is 58.3 Å². The monoisotopic (exact) mass is 476 g/mol. The molecule has 32 heavy (non-hydrogen) atoms. The minimum atomic E-state index is -4.53. The number of ether oxygens (including phenoxy) is 4. The van der Waals surface area contributed by atoms with Gasteiger partial charge in [0.25, 0.3) is 0 Å². The number of benzene rings is 1. The van der Waals surface area contributed by atoms with Crippen LogP contribution < -0.4 is 4.74 Å². The van der Waals surface area contributed by atoms with Gasteiger partial charge in [0, 0.05) is 0 Å². The van der Waals surface area contributed by atoms with Crippen LogP contribution in [0.3, 0.4) is 0 Å². The summed E-state index contributed by atoms with van der Waals surface area (Å²) in [6.07, 6.45) is 7.91. The van der Waals surface area contributed by atoms with Crippen molar-refractivity contribution in [3.05, 3.63) is 30.3 Å². The van der Waals surface area contributed by atoms with Gasteiger partial charge in [-0.05, 0) is 18.6 Å². The van der Waals surface area contributed by atoms with Crippen LogP contribution in [-0.2, 0) is 23.3 Å². The Kier molecular flexibility index (Phi) is 17.7. The number of para-hydroxylation sites is 1. The number of phosphoric acid groups is 1. The smallest absolute Gasteiger partial charge is 0.469 e. The Balaban J connectivity index is 1.99. The zero-order valence-electron chi connectivity index (χ0n) is 19.4. The van der Waals surface area contributed by atoms with Crippen LogP contribution in [0.2, 0.25) is 0 Å². The summed E-state index contributed by atoms with van der Waals surface area (Å²) in [7, 11) is -4.53. The highest BCUT2D eigenvalue weighted by Crippen LogP contribution is 2.38. The average molecular weight is 477 g/mol. The Morgan fingerprint density at radius 3 is 1.97 bits per heavy atom. The van der Waals surface area contributed by atoms with E-state index < -0.39 is 13.9 Å². The number of rotatable bonds is 22. The number of phosphoric ester groups is 1. The molecule has 0 aliphatic carbocycles. The lowest BCUT2D eigenvalue weighted by Crippen LogP contribution is -2.21. The third kappa shape index (κ3) is 18.6. The molecule has 0 fully saturated rings. The van der Waals surface area contributed by atoms with Crippen LogP contribution in [0.25, 0.3) is 0 Å². The molecule has 2 N–H and O–H groups in total. The van der Waals surface area contributed by atoms with Crippen molar-refractivity contribution in [3.63, 3.8) is 0 Å².